The molecule has 4 unspecified atom stereocenters. The molecule has 2 nitrogen and oxygen atoms in total. The Bertz CT molecular complexity index is 177. The number of hydrogen-bond acceptors (Lipinski definition) is 2. The standard InChI is InChI=1S/C12H23NO/c1-9-6-7-11(9)13-10(2)12-5-3-4-8-14-12/h9-13H,3-8H2,1-2H3. The number of rotatable bonds is 3. The number of hydrogen-bond donors (Lipinski definition) is 1. The van der Waals surface area contributed by atoms with Crippen LogP contribution in [0.4, 0.5) is 0 Å². The number of ether oxygens (including phenoxy) is 1. The summed E-state index contributed by atoms with van der Waals surface area (Å²) in [5, 5.41) is 3.71. The van der Waals surface area contributed by atoms with E-state index < -0.39 is 0 Å². The van der Waals surface area contributed by atoms with E-state index in [4.69, 9.17) is 4.74 Å². The molecule has 2 aliphatic rings. The Morgan fingerprint density at radius 1 is 1.21 bits per heavy atom. The normalized spacial score (nSPS) is 40.3. The quantitative estimate of drug-likeness (QED) is 0.750. The van der Waals surface area contributed by atoms with E-state index in [-0.39, 0.29) is 0 Å². The third-order valence-electron chi connectivity index (χ3n) is 3.87. The van der Waals surface area contributed by atoms with Gasteiger partial charge in [-0.2, -0.15) is 0 Å². The maximum absolute atomic E-state index is 5.78. The molecular formula is C12H23NO. The van der Waals surface area contributed by atoms with Gasteiger partial charge < -0.3 is 10.1 Å². The Kier molecular flexibility index (Phi) is 3.45. The van der Waals surface area contributed by atoms with Gasteiger partial charge in [-0.1, -0.05) is 6.92 Å². The molecule has 0 amide bonds. The lowest BCUT2D eigenvalue weighted by atomic mass is 9.80. The van der Waals surface area contributed by atoms with E-state index in [0.717, 1.165) is 18.6 Å². The zero-order chi connectivity index (χ0) is 9.97. The summed E-state index contributed by atoms with van der Waals surface area (Å²) in [5.74, 6) is 0.876. The second-order valence-electron chi connectivity index (χ2n) is 5.02. The first-order valence-electron chi connectivity index (χ1n) is 6.15. The molecule has 0 aromatic rings. The minimum atomic E-state index is 0.469. The number of nitrogens with one attached hydrogen (secondary N) is 1. The Hall–Kier alpha value is -0.0800. The maximum atomic E-state index is 5.78. The van der Waals surface area contributed by atoms with Crippen LogP contribution in [-0.4, -0.2) is 24.8 Å². The summed E-state index contributed by atoms with van der Waals surface area (Å²) >= 11 is 0. The highest BCUT2D eigenvalue weighted by Gasteiger charge is 2.30. The van der Waals surface area contributed by atoms with E-state index in [1.165, 1.54) is 32.1 Å². The molecule has 1 N–H and O–H groups in total. The first kappa shape index (κ1) is 10.4. The summed E-state index contributed by atoms with van der Waals surface area (Å²) in [7, 11) is 0. The van der Waals surface area contributed by atoms with Crippen molar-refractivity contribution in [2.24, 2.45) is 5.92 Å². The zero-order valence-corrected chi connectivity index (χ0v) is 9.46. The summed E-state index contributed by atoms with van der Waals surface area (Å²) in [6.07, 6.45) is 7.07. The lowest BCUT2D eigenvalue weighted by molar-refractivity contribution is -0.0108. The van der Waals surface area contributed by atoms with Crippen molar-refractivity contribution in [3.8, 4) is 0 Å². The summed E-state index contributed by atoms with van der Waals surface area (Å²) in [6.45, 7) is 5.59. The third-order valence-corrected chi connectivity index (χ3v) is 3.87. The average molecular weight is 197 g/mol. The topological polar surface area (TPSA) is 21.3 Å². The van der Waals surface area contributed by atoms with E-state index in [1.54, 1.807) is 0 Å². The Balaban J connectivity index is 1.73. The second kappa shape index (κ2) is 4.63. The molecule has 0 spiro atoms. The highest BCUT2D eigenvalue weighted by molar-refractivity contribution is 4.88. The molecule has 1 saturated carbocycles. The molecule has 0 aromatic heterocycles. The average Bonchev–Trinajstić information content (AvgIpc) is 2.24. The van der Waals surface area contributed by atoms with Gasteiger partial charge in [0.2, 0.25) is 0 Å². The molecule has 1 heterocycles. The van der Waals surface area contributed by atoms with Crippen LogP contribution in [0.5, 0.6) is 0 Å². The molecule has 82 valence electrons. The highest BCUT2D eigenvalue weighted by atomic mass is 16.5. The van der Waals surface area contributed by atoms with Crippen LogP contribution in [0.3, 0.4) is 0 Å². The summed E-state index contributed by atoms with van der Waals surface area (Å²) in [6, 6.07) is 1.30. The molecule has 1 aliphatic heterocycles. The Morgan fingerprint density at radius 3 is 2.57 bits per heavy atom. The predicted molar refractivity (Wildman–Crippen MR) is 58.4 cm³/mol. The smallest absolute Gasteiger partial charge is 0.0725 e. The predicted octanol–water partition coefficient (Wildman–Crippen LogP) is 2.33. The van der Waals surface area contributed by atoms with Crippen molar-refractivity contribution in [3.05, 3.63) is 0 Å². The molecule has 4 atom stereocenters. The van der Waals surface area contributed by atoms with Crippen LogP contribution in [0.15, 0.2) is 0 Å². The van der Waals surface area contributed by atoms with E-state index in [0.29, 0.717) is 12.1 Å². The van der Waals surface area contributed by atoms with E-state index in [2.05, 4.69) is 19.2 Å². The summed E-state index contributed by atoms with van der Waals surface area (Å²) < 4.78 is 5.78. The van der Waals surface area contributed by atoms with Gasteiger partial charge in [0.15, 0.2) is 0 Å². The summed E-state index contributed by atoms with van der Waals surface area (Å²) in [5.41, 5.74) is 0. The minimum absolute atomic E-state index is 0.469. The molecule has 1 aliphatic carbocycles. The van der Waals surface area contributed by atoms with Gasteiger partial charge in [0.1, 0.15) is 0 Å². The van der Waals surface area contributed by atoms with Crippen molar-refractivity contribution in [3.63, 3.8) is 0 Å². The Morgan fingerprint density at radius 2 is 2.07 bits per heavy atom. The van der Waals surface area contributed by atoms with Crippen LogP contribution in [0, 0.1) is 5.92 Å². The van der Waals surface area contributed by atoms with Gasteiger partial charge in [0, 0.05) is 18.7 Å². The van der Waals surface area contributed by atoms with Crippen LogP contribution in [-0.2, 0) is 4.74 Å². The van der Waals surface area contributed by atoms with Gasteiger partial charge in [-0.3, -0.25) is 0 Å². The lowest BCUT2D eigenvalue weighted by Gasteiger charge is -2.39. The fraction of sp³-hybridized carbons (Fsp3) is 1.00. The van der Waals surface area contributed by atoms with Crippen LogP contribution in [0.1, 0.15) is 46.0 Å². The van der Waals surface area contributed by atoms with E-state index >= 15 is 0 Å². The van der Waals surface area contributed by atoms with Gasteiger partial charge in [-0.15, -0.1) is 0 Å². The fourth-order valence-electron chi connectivity index (χ4n) is 2.52. The first-order chi connectivity index (χ1) is 6.77. The van der Waals surface area contributed by atoms with Crippen LogP contribution in [0.2, 0.25) is 0 Å². The van der Waals surface area contributed by atoms with Gasteiger partial charge in [0.05, 0.1) is 6.10 Å². The fourth-order valence-corrected chi connectivity index (χ4v) is 2.52. The molecular weight excluding hydrogens is 174 g/mol. The van der Waals surface area contributed by atoms with E-state index in [1.807, 2.05) is 0 Å². The zero-order valence-electron chi connectivity index (χ0n) is 9.46. The van der Waals surface area contributed by atoms with Crippen LogP contribution in [0.25, 0.3) is 0 Å². The van der Waals surface area contributed by atoms with Crippen molar-refractivity contribution in [1.29, 1.82) is 0 Å². The van der Waals surface area contributed by atoms with Gasteiger partial charge in [-0.25, -0.2) is 0 Å². The van der Waals surface area contributed by atoms with Crippen LogP contribution >= 0.6 is 0 Å². The van der Waals surface area contributed by atoms with Crippen molar-refractivity contribution in [2.45, 2.75) is 64.1 Å². The second-order valence-corrected chi connectivity index (χ2v) is 5.02. The monoisotopic (exact) mass is 197 g/mol. The molecule has 2 fully saturated rings. The summed E-state index contributed by atoms with van der Waals surface area (Å²) in [4.78, 5) is 0. The minimum Gasteiger partial charge on any atom is -0.377 e. The molecule has 0 aromatic carbocycles. The SMILES string of the molecule is CC1CCC1NC(C)C1CCCCO1. The molecule has 0 radical (unpaired) electrons. The molecule has 2 heteroatoms. The maximum Gasteiger partial charge on any atom is 0.0725 e. The molecule has 2 rings (SSSR count). The van der Waals surface area contributed by atoms with Crippen molar-refractivity contribution >= 4 is 0 Å². The van der Waals surface area contributed by atoms with Gasteiger partial charge >= 0.3 is 0 Å². The highest BCUT2D eigenvalue weighted by Crippen LogP contribution is 2.27. The van der Waals surface area contributed by atoms with E-state index in [9.17, 15) is 0 Å². The van der Waals surface area contributed by atoms with Crippen molar-refractivity contribution in [2.75, 3.05) is 6.61 Å². The molecule has 1 saturated heterocycles. The van der Waals surface area contributed by atoms with Crippen LogP contribution < -0.4 is 5.32 Å². The van der Waals surface area contributed by atoms with Crippen molar-refractivity contribution in [1.82, 2.24) is 5.32 Å². The first-order valence-corrected chi connectivity index (χ1v) is 6.15. The van der Waals surface area contributed by atoms with Gasteiger partial charge in [-0.05, 0) is 44.9 Å². The van der Waals surface area contributed by atoms with Crippen molar-refractivity contribution < 1.29 is 4.74 Å². The van der Waals surface area contributed by atoms with Gasteiger partial charge in [0.25, 0.3) is 0 Å². The molecule has 0 bridgehead atoms. The lowest BCUT2D eigenvalue weighted by Crippen LogP contribution is -2.51. The molecule has 14 heavy (non-hydrogen) atoms. The largest absolute Gasteiger partial charge is 0.377 e. The third kappa shape index (κ3) is 2.29. The Labute approximate surface area is 87.4 Å².